The largest absolute Gasteiger partial charge is 0.463 e. The Bertz CT molecular complexity index is 163. The molecule has 11 heavy (non-hydrogen) atoms. The molecule has 1 aliphatic heterocycles. The smallest absolute Gasteiger partial charge is 0.306 e. The van der Waals surface area contributed by atoms with E-state index in [1.807, 2.05) is 12.2 Å². The maximum absolute atomic E-state index is 10.8. The summed E-state index contributed by atoms with van der Waals surface area (Å²) in [5, 5.41) is 9.13. The average Bonchev–Trinajstić information content (AvgIpc) is 2.06. The molecule has 1 rings (SSSR count). The van der Waals surface area contributed by atoms with Crippen LogP contribution in [0.4, 0.5) is 0 Å². The van der Waals surface area contributed by atoms with Crippen molar-refractivity contribution < 1.29 is 14.6 Å². The Morgan fingerprint density at radius 1 is 1.55 bits per heavy atom. The first-order valence-corrected chi connectivity index (χ1v) is 3.78. The Balaban J connectivity index is 2.42. The number of rotatable bonds is 0. The van der Waals surface area contributed by atoms with Crippen LogP contribution in [0, 0.1) is 0 Å². The summed E-state index contributed by atoms with van der Waals surface area (Å²) in [6.07, 6.45) is 4.96. The van der Waals surface area contributed by atoms with Crippen LogP contribution >= 0.6 is 0 Å². The third-order valence-corrected chi connectivity index (χ3v) is 1.53. The fourth-order valence-electron chi connectivity index (χ4n) is 0.902. The van der Waals surface area contributed by atoms with E-state index in [4.69, 9.17) is 9.84 Å². The molecule has 0 aromatic heterocycles. The molecule has 0 spiro atoms. The molecule has 0 aliphatic carbocycles. The van der Waals surface area contributed by atoms with E-state index in [0.717, 1.165) is 0 Å². The van der Waals surface area contributed by atoms with Crippen molar-refractivity contribution in [2.45, 2.75) is 25.4 Å². The Labute approximate surface area is 65.7 Å². The molecule has 1 aliphatic rings. The number of carbonyl (C=O) groups excluding carboxylic acids is 1. The number of aliphatic hydroxyl groups excluding tert-OH is 1. The van der Waals surface area contributed by atoms with Crippen LogP contribution in [-0.2, 0) is 9.53 Å². The lowest BCUT2D eigenvalue weighted by molar-refractivity contribution is -0.146. The molecule has 0 saturated carbocycles. The SMILES string of the molecule is O=C1CC/C=C\CC(O)CO1. The van der Waals surface area contributed by atoms with Gasteiger partial charge >= 0.3 is 5.97 Å². The molecule has 1 unspecified atom stereocenters. The van der Waals surface area contributed by atoms with Crippen LogP contribution in [0.5, 0.6) is 0 Å². The molecule has 0 aromatic rings. The molecule has 0 saturated heterocycles. The summed E-state index contributed by atoms with van der Waals surface area (Å²) >= 11 is 0. The zero-order valence-corrected chi connectivity index (χ0v) is 6.32. The van der Waals surface area contributed by atoms with Crippen LogP contribution in [0.15, 0.2) is 12.2 Å². The number of ether oxygens (including phenoxy) is 1. The molecule has 0 radical (unpaired) electrons. The van der Waals surface area contributed by atoms with Gasteiger partial charge in [-0.3, -0.25) is 4.79 Å². The third kappa shape index (κ3) is 3.18. The van der Waals surface area contributed by atoms with Crippen LogP contribution in [0.3, 0.4) is 0 Å². The van der Waals surface area contributed by atoms with Crippen LogP contribution in [0.25, 0.3) is 0 Å². The summed E-state index contributed by atoms with van der Waals surface area (Å²) in [6.45, 7) is 0.128. The Hall–Kier alpha value is -0.830. The molecule has 0 amide bonds. The lowest BCUT2D eigenvalue weighted by Crippen LogP contribution is -2.16. The number of allylic oxidation sites excluding steroid dienone is 1. The topological polar surface area (TPSA) is 46.5 Å². The van der Waals surface area contributed by atoms with Gasteiger partial charge in [0.1, 0.15) is 6.61 Å². The second kappa shape index (κ2) is 4.13. The van der Waals surface area contributed by atoms with Crippen molar-refractivity contribution in [1.82, 2.24) is 0 Å². The van der Waals surface area contributed by atoms with Crippen molar-refractivity contribution in [3.8, 4) is 0 Å². The predicted octanol–water partition coefficient (Wildman–Crippen LogP) is 0.631. The van der Waals surface area contributed by atoms with Gasteiger partial charge in [0, 0.05) is 6.42 Å². The number of hydrogen-bond donors (Lipinski definition) is 1. The minimum atomic E-state index is -0.534. The van der Waals surface area contributed by atoms with Gasteiger partial charge in [0.2, 0.25) is 0 Å². The lowest BCUT2D eigenvalue weighted by Gasteiger charge is -2.06. The van der Waals surface area contributed by atoms with Gasteiger partial charge in [-0.25, -0.2) is 0 Å². The van der Waals surface area contributed by atoms with Gasteiger partial charge in [0.05, 0.1) is 6.10 Å². The van der Waals surface area contributed by atoms with E-state index in [-0.39, 0.29) is 12.6 Å². The highest BCUT2D eigenvalue weighted by Crippen LogP contribution is 2.03. The van der Waals surface area contributed by atoms with E-state index in [0.29, 0.717) is 19.3 Å². The van der Waals surface area contributed by atoms with Crippen molar-refractivity contribution in [3.05, 3.63) is 12.2 Å². The molecule has 3 heteroatoms. The first-order valence-electron chi connectivity index (χ1n) is 3.78. The summed E-state index contributed by atoms with van der Waals surface area (Å²) < 4.78 is 4.75. The van der Waals surface area contributed by atoms with E-state index >= 15 is 0 Å². The maximum Gasteiger partial charge on any atom is 0.306 e. The Morgan fingerprint density at radius 2 is 2.36 bits per heavy atom. The predicted molar refractivity (Wildman–Crippen MR) is 40.0 cm³/mol. The summed E-state index contributed by atoms with van der Waals surface area (Å²) in [6, 6.07) is 0. The highest BCUT2D eigenvalue weighted by Gasteiger charge is 2.08. The summed E-state index contributed by atoms with van der Waals surface area (Å²) in [4.78, 5) is 10.8. The number of hydrogen-bond acceptors (Lipinski definition) is 3. The number of carbonyl (C=O) groups is 1. The fraction of sp³-hybridized carbons (Fsp3) is 0.625. The van der Waals surface area contributed by atoms with Crippen LogP contribution in [-0.4, -0.2) is 23.8 Å². The van der Waals surface area contributed by atoms with Crippen molar-refractivity contribution in [1.29, 1.82) is 0 Å². The number of esters is 1. The molecule has 0 fully saturated rings. The van der Waals surface area contributed by atoms with E-state index in [9.17, 15) is 4.79 Å². The molecule has 0 bridgehead atoms. The second-order valence-corrected chi connectivity index (χ2v) is 2.58. The van der Waals surface area contributed by atoms with Crippen LogP contribution in [0.1, 0.15) is 19.3 Å². The first kappa shape index (κ1) is 8.27. The van der Waals surface area contributed by atoms with E-state index < -0.39 is 6.10 Å². The minimum Gasteiger partial charge on any atom is -0.463 e. The van der Waals surface area contributed by atoms with Gasteiger partial charge in [0.25, 0.3) is 0 Å². The standard InChI is InChI=1S/C8H12O3/c9-7-4-2-1-3-5-8(10)11-6-7/h1-2,7,9H,3-6H2/b2-1-. The first-order chi connectivity index (χ1) is 5.29. The van der Waals surface area contributed by atoms with Crippen molar-refractivity contribution >= 4 is 5.97 Å². The van der Waals surface area contributed by atoms with Gasteiger partial charge in [-0.1, -0.05) is 12.2 Å². The zero-order valence-electron chi connectivity index (χ0n) is 6.32. The number of cyclic esters (lactones) is 1. The highest BCUT2D eigenvalue weighted by molar-refractivity contribution is 5.69. The van der Waals surface area contributed by atoms with Gasteiger partial charge in [-0.2, -0.15) is 0 Å². The van der Waals surface area contributed by atoms with Crippen LogP contribution < -0.4 is 0 Å². The zero-order chi connectivity index (χ0) is 8.10. The van der Waals surface area contributed by atoms with Crippen molar-refractivity contribution in [2.24, 2.45) is 0 Å². The molecule has 0 aromatic carbocycles. The molecular formula is C8H12O3. The second-order valence-electron chi connectivity index (χ2n) is 2.58. The molecule has 3 nitrogen and oxygen atoms in total. The van der Waals surface area contributed by atoms with E-state index in [1.165, 1.54) is 0 Å². The van der Waals surface area contributed by atoms with Gasteiger partial charge in [-0.05, 0) is 12.8 Å². The molecule has 1 atom stereocenters. The normalized spacial score (nSPS) is 29.5. The van der Waals surface area contributed by atoms with Crippen molar-refractivity contribution in [2.75, 3.05) is 6.61 Å². The average molecular weight is 156 g/mol. The van der Waals surface area contributed by atoms with Gasteiger partial charge in [0.15, 0.2) is 0 Å². The van der Waals surface area contributed by atoms with E-state index in [2.05, 4.69) is 0 Å². The summed E-state index contributed by atoms with van der Waals surface area (Å²) in [7, 11) is 0. The van der Waals surface area contributed by atoms with Crippen molar-refractivity contribution in [3.63, 3.8) is 0 Å². The minimum absolute atomic E-state index is 0.128. The van der Waals surface area contributed by atoms with Gasteiger partial charge in [-0.15, -0.1) is 0 Å². The molecule has 1 heterocycles. The van der Waals surface area contributed by atoms with Crippen LogP contribution in [0.2, 0.25) is 0 Å². The third-order valence-electron chi connectivity index (χ3n) is 1.53. The molecule has 1 N–H and O–H groups in total. The maximum atomic E-state index is 10.8. The molecular weight excluding hydrogens is 144 g/mol. The monoisotopic (exact) mass is 156 g/mol. The van der Waals surface area contributed by atoms with Gasteiger partial charge < -0.3 is 9.84 Å². The highest BCUT2D eigenvalue weighted by atomic mass is 16.5. The van der Waals surface area contributed by atoms with E-state index in [1.54, 1.807) is 0 Å². The Morgan fingerprint density at radius 3 is 3.18 bits per heavy atom. The summed E-state index contributed by atoms with van der Waals surface area (Å²) in [5.41, 5.74) is 0. The number of aliphatic hydroxyl groups is 1. The Kier molecular flexibility index (Phi) is 3.11. The molecule has 62 valence electrons. The summed E-state index contributed by atoms with van der Waals surface area (Å²) in [5.74, 6) is -0.226. The quantitative estimate of drug-likeness (QED) is 0.413. The fourth-order valence-corrected chi connectivity index (χ4v) is 0.902. The lowest BCUT2D eigenvalue weighted by atomic mass is 10.2.